The fourth-order valence-electron chi connectivity index (χ4n) is 1.64. The van der Waals surface area contributed by atoms with Crippen molar-refractivity contribution in [2.75, 3.05) is 13.7 Å². The fraction of sp³-hybridized carbons (Fsp3) is 0.538. The van der Waals surface area contributed by atoms with E-state index < -0.39 is 0 Å². The van der Waals surface area contributed by atoms with Gasteiger partial charge in [0, 0.05) is 11.6 Å². The Morgan fingerprint density at radius 1 is 1.38 bits per heavy atom. The molecule has 0 spiro atoms. The van der Waals surface area contributed by atoms with E-state index in [1.807, 2.05) is 19.1 Å². The lowest BCUT2D eigenvalue weighted by molar-refractivity contribution is 0.292. The smallest absolute Gasteiger partial charge is 0.123 e. The third-order valence-corrected chi connectivity index (χ3v) is 3.09. The van der Waals surface area contributed by atoms with Crippen molar-refractivity contribution in [1.82, 2.24) is 0 Å². The molecule has 16 heavy (non-hydrogen) atoms. The molecule has 0 radical (unpaired) electrons. The number of hydrogen-bond donors (Lipinski definition) is 2. The van der Waals surface area contributed by atoms with Gasteiger partial charge in [-0.3, -0.25) is 0 Å². The topological polar surface area (TPSA) is 61.3 Å². The minimum atomic E-state index is -0.138. The van der Waals surface area contributed by atoms with Gasteiger partial charge in [0.15, 0.2) is 0 Å². The summed E-state index contributed by atoms with van der Waals surface area (Å²) in [7, 11) is 1.66. The lowest BCUT2D eigenvalue weighted by Crippen LogP contribution is -2.36. The molecule has 1 aromatic carbocycles. The van der Waals surface area contributed by atoms with Gasteiger partial charge in [0.2, 0.25) is 0 Å². The summed E-state index contributed by atoms with van der Waals surface area (Å²) in [6, 6.07) is 5.93. The molecule has 90 valence electrons. The van der Waals surface area contributed by atoms with Gasteiger partial charge in [0.05, 0.1) is 7.11 Å². The zero-order valence-electron chi connectivity index (χ0n) is 10.6. The minimum absolute atomic E-state index is 0.118. The van der Waals surface area contributed by atoms with E-state index in [9.17, 15) is 0 Å². The maximum absolute atomic E-state index is 6.27. The third kappa shape index (κ3) is 2.54. The number of rotatable bonds is 4. The van der Waals surface area contributed by atoms with Crippen LogP contribution in [0.15, 0.2) is 18.2 Å². The number of nitrogens with two attached hydrogens (primary N) is 2. The van der Waals surface area contributed by atoms with Crippen LogP contribution in [0.3, 0.4) is 0 Å². The molecule has 1 unspecified atom stereocenters. The number of benzene rings is 1. The van der Waals surface area contributed by atoms with Crippen LogP contribution in [0.4, 0.5) is 0 Å². The lowest BCUT2D eigenvalue weighted by atomic mass is 9.80. The standard InChI is InChI=1S/C13H22N2O/c1-9-5-6-11(16-4)10(7-9)12(15)13(2,3)8-14/h5-7,12H,8,14-15H2,1-4H3. The molecule has 0 aliphatic rings. The maximum Gasteiger partial charge on any atom is 0.123 e. The average molecular weight is 222 g/mol. The molecule has 0 aliphatic carbocycles. The maximum atomic E-state index is 6.27. The monoisotopic (exact) mass is 222 g/mol. The molecule has 0 bridgehead atoms. The van der Waals surface area contributed by atoms with Gasteiger partial charge in [0.25, 0.3) is 0 Å². The van der Waals surface area contributed by atoms with Crippen LogP contribution in [0.5, 0.6) is 5.75 Å². The van der Waals surface area contributed by atoms with Gasteiger partial charge in [-0.1, -0.05) is 31.5 Å². The van der Waals surface area contributed by atoms with E-state index >= 15 is 0 Å². The Balaban J connectivity index is 3.16. The second-order valence-electron chi connectivity index (χ2n) is 4.92. The highest BCUT2D eigenvalue weighted by molar-refractivity contribution is 5.39. The van der Waals surface area contributed by atoms with Crippen molar-refractivity contribution < 1.29 is 4.74 Å². The van der Waals surface area contributed by atoms with E-state index in [2.05, 4.69) is 19.9 Å². The SMILES string of the molecule is COc1ccc(C)cc1C(N)C(C)(C)CN. The van der Waals surface area contributed by atoms with E-state index in [-0.39, 0.29) is 11.5 Å². The van der Waals surface area contributed by atoms with Crippen molar-refractivity contribution in [2.24, 2.45) is 16.9 Å². The summed E-state index contributed by atoms with van der Waals surface area (Å²) in [5.74, 6) is 0.833. The van der Waals surface area contributed by atoms with Crippen LogP contribution in [0.1, 0.15) is 31.0 Å². The summed E-state index contributed by atoms with van der Waals surface area (Å²) < 4.78 is 5.34. The van der Waals surface area contributed by atoms with E-state index in [0.717, 1.165) is 11.3 Å². The molecule has 4 N–H and O–H groups in total. The molecule has 0 saturated carbocycles. The van der Waals surface area contributed by atoms with E-state index in [0.29, 0.717) is 6.54 Å². The first-order valence-electron chi connectivity index (χ1n) is 5.52. The summed E-state index contributed by atoms with van der Waals surface area (Å²) in [6.07, 6.45) is 0. The minimum Gasteiger partial charge on any atom is -0.496 e. The summed E-state index contributed by atoms with van der Waals surface area (Å²) in [5, 5.41) is 0. The zero-order valence-corrected chi connectivity index (χ0v) is 10.6. The quantitative estimate of drug-likeness (QED) is 0.819. The molecule has 0 heterocycles. The molecule has 0 aromatic heterocycles. The molecule has 1 aromatic rings. The average Bonchev–Trinajstić information content (AvgIpc) is 2.28. The first-order valence-corrected chi connectivity index (χ1v) is 5.52. The first-order chi connectivity index (χ1) is 7.42. The highest BCUT2D eigenvalue weighted by Gasteiger charge is 2.28. The first kappa shape index (κ1) is 13.0. The summed E-state index contributed by atoms with van der Waals surface area (Å²) in [4.78, 5) is 0. The van der Waals surface area contributed by atoms with E-state index in [4.69, 9.17) is 16.2 Å². The van der Waals surface area contributed by atoms with Crippen molar-refractivity contribution in [3.8, 4) is 5.75 Å². The molecule has 1 atom stereocenters. The number of methoxy groups -OCH3 is 1. The van der Waals surface area contributed by atoms with Crippen LogP contribution in [0.25, 0.3) is 0 Å². The summed E-state index contributed by atoms with van der Waals surface area (Å²) >= 11 is 0. The van der Waals surface area contributed by atoms with Gasteiger partial charge in [-0.05, 0) is 24.9 Å². The van der Waals surface area contributed by atoms with Gasteiger partial charge < -0.3 is 16.2 Å². The molecule has 3 heteroatoms. The van der Waals surface area contributed by atoms with Gasteiger partial charge in [-0.2, -0.15) is 0 Å². The van der Waals surface area contributed by atoms with E-state index in [1.165, 1.54) is 5.56 Å². The van der Waals surface area contributed by atoms with Crippen molar-refractivity contribution in [2.45, 2.75) is 26.8 Å². The molecular weight excluding hydrogens is 200 g/mol. The molecule has 0 amide bonds. The predicted octanol–water partition coefficient (Wildman–Crippen LogP) is 1.99. The number of ether oxygens (including phenoxy) is 1. The number of hydrogen-bond acceptors (Lipinski definition) is 3. The fourth-order valence-corrected chi connectivity index (χ4v) is 1.64. The second kappa shape index (κ2) is 4.85. The van der Waals surface area contributed by atoms with Gasteiger partial charge in [0.1, 0.15) is 5.75 Å². The number of aryl methyl sites for hydroxylation is 1. The Morgan fingerprint density at radius 2 is 2.00 bits per heavy atom. The summed E-state index contributed by atoms with van der Waals surface area (Å²) in [6.45, 7) is 6.73. The molecule has 0 aliphatic heterocycles. The van der Waals surface area contributed by atoms with Crippen molar-refractivity contribution in [3.05, 3.63) is 29.3 Å². The molecule has 0 saturated heterocycles. The Hall–Kier alpha value is -1.06. The third-order valence-electron chi connectivity index (χ3n) is 3.09. The Morgan fingerprint density at radius 3 is 2.50 bits per heavy atom. The highest BCUT2D eigenvalue weighted by atomic mass is 16.5. The van der Waals surface area contributed by atoms with Gasteiger partial charge >= 0.3 is 0 Å². The van der Waals surface area contributed by atoms with E-state index in [1.54, 1.807) is 7.11 Å². The Labute approximate surface area is 97.8 Å². The van der Waals surface area contributed by atoms with Crippen molar-refractivity contribution in [1.29, 1.82) is 0 Å². The van der Waals surface area contributed by atoms with Crippen molar-refractivity contribution in [3.63, 3.8) is 0 Å². The van der Waals surface area contributed by atoms with Crippen LogP contribution in [-0.4, -0.2) is 13.7 Å². The van der Waals surface area contributed by atoms with Gasteiger partial charge in [-0.25, -0.2) is 0 Å². The largest absolute Gasteiger partial charge is 0.496 e. The Kier molecular flexibility index (Phi) is 3.94. The molecule has 1 rings (SSSR count). The van der Waals surface area contributed by atoms with Crippen LogP contribution < -0.4 is 16.2 Å². The molecule has 0 fully saturated rings. The van der Waals surface area contributed by atoms with Crippen molar-refractivity contribution >= 4 is 0 Å². The second-order valence-corrected chi connectivity index (χ2v) is 4.92. The highest BCUT2D eigenvalue weighted by Crippen LogP contribution is 2.35. The molecular formula is C13H22N2O. The van der Waals surface area contributed by atoms with Gasteiger partial charge in [-0.15, -0.1) is 0 Å². The van der Waals surface area contributed by atoms with Crippen LogP contribution in [0, 0.1) is 12.3 Å². The normalized spacial score (nSPS) is 13.6. The van der Waals surface area contributed by atoms with Crippen LogP contribution in [0.2, 0.25) is 0 Å². The Bertz CT molecular complexity index is 361. The predicted molar refractivity (Wildman–Crippen MR) is 67.5 cm³/mol. The summed E-state index contributed by atoms with van der Waals surface area (Å²) in [5.41, 5.74) is 14.1. The zero-order chi connectivity index (χ0) is 12.3. The van der Waals surface area contributed by atoms with Crippen LogP contribution >= 0.6 is 0 Å². The molecule has 3 nitrogen and oxygen atoms in total. The van der Waals surface area contributed by atoms with Crippen LogP contribution in [-0.2, 0) is 0 Å². The lowest BCUT2D eigenvalue weighted by Gasteiger charge is -2.31.